The lowest BCUT2D eigenvalue weighted by atomic mass is 10.0. The molecule has 16 heavy (non-hydrogen) atoms. The average molecular weight is 242 g/mol. The van der Waals surface area contributed by atoms with Crippen LogP contribution in [0.5, 0.6) is 0 Å². The molecule has 1 aromatic rings. The van der Waals surface area contributed by atoms with Crippen molar-refractivity contribution in [2.24, 2.45) is 13.0 Å². The summed E-state index contributed by atoms with van der Waals surface area (Å²) in [5.74, 6) is 1.66. The molecule has 1 fully saturated rings. The van der Waals surface area contributed by atoms with Crippen molar-refractivity contribution in [3.63, 3.8) is 0 Å². The molecule has 2 heterocycles. The molecule has 0 spiro atoms. The summed E-state index contributed by atoms with van der Waals surface area (Å²) in [6, 6.07) is 0. The van der Waals surface area contributed by atoms with Gasteiger partial charge in [0.05, 0.1) is 0 Å². The summed E-state index contributed by atoms with van der Waals surface area (Å²) in [6.07, 6.45) is 1.10. The first-order valence-corrected chi connectivity index (χ1v) is 6.16. The molecule has 0 aromatic carbocycles. The fourth-order valence-electron chi connectivity index (χ4n) is 1.46. The number of aryl methyl sites for hydroxylation is 1. The van der Waals surface area contributed by atoms with Crippen molar-refractivity contribution in [3.8, 4) is 0 Å². The lowest BCUT2D eigenvalue weighted by Gasteiger charge is -2.26. The second-order valence-corrected chi connectivity index (χ2v) is 4.92. The van der Waals surface area contributed by atoms with E-state index >= 15 is 0 Å². The van der Waals surface area contributed by atoms with Crippen LogP contribution in [0.4, 0.5) is 0 Å². The number of nitrogens with one attached hydrogen (secondary N) is 2. The molecule has 2 rings (SSSR count). The number of nitrogens with zero attached hydrogens (tertiary/aromatic N) is 2. The summed E-state index contributed by atoms with van der Waals surface area (Å²) in [7, 11) is 1.68. The SMILES string of the molecule is Cn1[nH]c(=O)c(=O)nc1SCCC1CNC1. The maximum absolute atomic E-state index is 11.1. The Labute approximate surface area is 96.4 Å². The topological polar surface area (TPSA) is 79.8 Å². The Morgan fingerprint density at radius 1 is 1.50 bits per heavy atom. The number of rotatable bonds is 4. The molecule has 1 aromatic heterocycles. The Balaban J connectivity index is 1.95. The zero-order valence-electron chi connectivity index (χ0n) is 9.02. The molecule has 1 aliphatic rings. The molecule has 0 bridgehead atoms. The molecular formula is C9H14N4O2S. The van der Waals surface area contributed by atoms with Crippen molar-refractivity contribution in [2.75, 3.05) is 18.8 Å². The molecular weight excluding hydrogens is 228 g/mol. The largest absolute Gasteiger partial charge is 0.339 e. The van der Waals surface area contributed by atoms with Crippen molar-refractivity contribution in [3.05, 3.63) is 20.7 Å². The second-order valence-electron chi connectivity index (χ2n) is 3.86. The summed E-state index contributed by atoms with van der Waals surface area (Å²) in [4.78, 5) is 25.7. The Morgan fingerprint density at radius 3 is 2.88 bits per heavy atom. The monoisotopic (exact) mass is 242 g/mol. The Kier molecular flexibility index (Phi) is 3.45. The minimum absolute atomic E-state index is 0.567. The number of aromatic amines is 1. The molecule has 0 unspecified atom stereocenters. The van der Waals surface area contributed by atoms with Gasteiger partial charge in [0.1, 0.15) is 0 Å². The van der Waals surface area contributed by atoms with E-state index in [0.717, 1.165) is 31.2 Å². The van der Waals surface area contributed by atoms with E-state index in [1.807, 2.05) is 0 Å². The van der Waals surface area contributed by atoms with Crippen LogP contribution in [-0.4, -0.2) is 33.6 Å². The normalized spacial score (nSPS) is 16.1. The van der Waals surface area contributed by atoms with Crippen LogP contribution in [0.15, 0.2) is 14.7 Å². The van der Waals surface area contributed by atoms with Crippen LogP contribution in [0.3, 0.4) is 0 Å². The first kappa shape index (κ1) is 11.4. The van der Waals surface area contributed by atoms with Gasteiger partial charge < -0.3 is 5.32 Å². The highest BCUT2D eigenvalue weighted by Gasteiger charge is 2.16. The number of H-pyrrole nitrogens is 1. The second kappa shape index (κ2) is 4.84. The van der Waals surface area contributed by atoms with Crippen molar-refractivity contribution < 1.29 is 0 Å². The van der Waals surface area contributed by atoms with Crippen molar-refractivity contribution >= 4 is 11.8 Å². The van der Waals surface area contributed by atoms with Crippen LogP contribution in [0.2, 0.25) is 0 Å². The quantitative estimate of drug-likeness (QED) is 0.532. The highest BCUT2D eigenvalue weighted by molar-refractivity contribution is 7.99. The maximum atomic E-state index is 11.1. The van der Waals surface area contributed by atoms with Crippen LogP contribution in [-0.2, 0) is 7.05 Å². The van der Waals surface area contributed by atoms with Gasteiger partial charge in [-0.2, -0.15) is 4.98 Å². The average Bonchev–Trinajstić information content (AvgIpc) is 2.17. The molecule has 6 nitrogen and oxygen atoms in total. The molecule has 0 aliphatic carbocycles. The maximum Gasteiger partial charge on any atom is 0.339 e. The van der Waals surface area contributed by atoms with E-state index in [9.17, 15) is 9.59 Å². The van der Waals surface area contributed by atoms with Crippen LogP contribution < -0.4 is 16.4 Å². The standard InChI is InChI=1S/C9H14N4O2S/c1-13-9(11-7(14)8(15)12-13)16-3-2-6-4-10-5-6/h6,10H,2-5H2,1H3,(H,12,15). The minimum atomic E-state index is -0.717. The lowest BCUT2D eigenvalue weighted by molar-refractivity contribution is 0.341. The van der Waals surface area contributed by atoms with E-state index in [0.29, 0.717) is 5.16 Å². The van der Waals surface area contributed by atoms with E-state index < -0.39 is 11.1 Å². The van der Waals surface area contributed by atoms with Gasteiger partial charge in [-0.05, 0) is 25.4 Å². The van der Waals surface area contributed by atoms with Crippen LogP contribution >= 0.6 is 11.8 Å². The number of thioether (sulfide) groups is 1. The van der Waals surface area contributed by atoms with Crippen LogP contribution in [0.25, 0.3) is 0 Å². The number of aromatic nitrogens is 3. The molecule has 0 atom stereocenters. The predicted octanol–water partition coefficient (Wildman–Crippen LogP) is -0.830. The number of hydrogen-bond donors (Lipinski definition) is 2. The molecule has 0 amide bonds. The van der Waals surface area contributed by atoms with Gasteiger partial charge in [0.2, 0.25) is 0 Å². The van der Waals surface area contributed by atoms with Gasteiger partial charge in [0, 0.05) is 12.8 Å². The molecule has 1 saturated heterocycles. The summed E-state index contributed by atoms with van der Waals surface area (Å²) in [6.45, 7) is 2.16. The molecule has 88 valence electrons. The van der Waals surface area contributed by atoms with E-state index in [4.69, 9.17) is 0 Å². The summed E-state index contributed by atoms with van der Waals surface area (Å²) in [5, 5.41) is 6.20. The van der Waals surface area contributed by atoms with E-state index in [1.165, 1.54) is 16.4 Å². The third kappa shape index (κ3) is 2.53. The Hall–Kier alpha value is -1.08. The smallest absolute Gasteiger partial charge is 0.316 e. The fraction of sp³-hybridized carbons (Fsp3) is 0.667. The first-order valence-electron chi connectivity index (χ1n) is 5.17. The number of hydrogen-bond acceptors (Lipinski definition) is 5. The Bertz CT molecular complexity index is 477. The molecule has 0 saturated carbocycles. The lowest BCUT2D eigenvalue weighted by Crippen LogP contribution is -2.42. The highest BCUT2D eigenvalue weighted by Crippen LogP contribution is 2.17. The zero-order chi connectivity index (χ0) is 11.5. The highest BCUT2D eigenvalue weighted by atomic mass is 32.2. The van der Waals surface area contributed by atoms with Crippen LogP contribution in [0, 0.1) is 5.92 Å². The van der Waals surface area contributed by atoms with Crippen molar-refractivity contribution in [1.82, 2.24) is 20.1 Å². The van der Waals surface area contributed by atoms with Gasteiger partial charge in [-0.15, -0.1) is 0 Å². The molecule has 0 radical (unpaired) electrons. The van der Waals surface area contributed by atoms with Crippen molar-refractivity contribution in [2.45, 2.75) is 11.6 Å². The van der Waals surface area contributed by atoms with Crippen LogP contribution in [0.1, 0.15) is 6.42 Å². The third-order valence-corrected chi connectivity index (χ3v) is 3.63. The zero-order valence-corrected chi connectivity index (χ0v) is 9.84. The molecule has 2 N–H and O–H groups in total. The van der Waals surface area contributed by atoms with Gasteiger partial charge in [-0.3, -0.25) is 19.4 Å². The van der Waals surface area contributed by atoms with Crippen molar-refractivity contribution in [1.29, 1.82) is 0 Å². The van der Waals surface area contributed by atoms with E-state index in [-0.39, 0.29) is 0 Å². The summed E-state index contributed by atoms with van der Waals surface area (Å²) in [5.41, 5.74) is -1.39. The Morgan fingerprint density at radius 2 is 2.25 bits per heavy atom. The van der Waals surface area contributed by atoms with Gasteiger partial charge in [0.15, 0.2) is 5.16 Å². The predicted molar refractivity (Wildman–Crippen MR) is 61.8 cm³/mol. The minimum Gasteiger partial charge on any atom is -0.316 e. The molecule has 7 heteroatoms. The summed E-state index contributed by atoms with van der Waals surface area (Å²) < 4.78 is 1.49. The van der Waals surface area contributed by atoms with E-state index in [1.54, 1.807) is 7.05 Å². The molecule has 1 aliphatic heterocycles. The van der Waals surface area contributed by atoms with Gasteiger partial charge in [0.25, 0.3) is 0 Å². The first-order chi connectivity index (χ1) is 7.66. The van der Waals surface area contributed by atoms with Gasteiger partial charge in [-0.1, -0.05) is 11.8 Å². The van der Waals surface area contributed by atoms with E-state index in [2.05, 4.69) is 15.4 Å². The van der Waals surface area contributed by atoms with Gasteiger partial charge in [-0.25, -0.2) is 0 Å². The van der Waals surface area contributed by atoms with Gasteiger partial charge >= 0.3 is 11.1 Å². The fourth-order valence-corrected chi connectivity index (χ4v) is 2.48. The summed E-state index contributed by atoms with van der Waals surface area (Å²) >= 11 is 1.50. The third-order valence-electron chi connectivity index (χ3n) is 2.57.